The lowest BCUT2D eigenvalue weighted by Crippen LogP contribution is -2.14. The Balaban J connectivity index is 2.24. The Morgan fingerprint density at radius 1 is 1.09 bits per heavy atom. The number of carboxylic acid groups (broad SMARTS) is 1. The van der Waals surface area contributed by atoms with Crippen molar-refractivity contribution < 1.29 is 24.2 Å². The second kappa shape index (κ2) is 7.28. The van der Waals surface area contributed by atoms with E-state index in [1.54, 1.807) is 24.3 Å². The van der Waals surface area contributed by atoms with Crippen LogP contribution in [0.4, 0.5) is 0 Å². The van der Waals surface area contributed by atoms with Gasteiger partial charge in [0, 0.05) is 0 Å². The second-order valence-corrected chi connectivity index (χ2v) is 5.86. The fourth-order valence-electron chi connectivity index (χ4n) is 1.86. The van der Waals surface area contributed by atoms with E-state index < -0.39 is 11.9 Å². The van der Waals surface area contributed by atoms with E-state index in [1.165, 1.54) is 18.2 Å². The fourth-order valence-corrected chi connectivity index (χ4v) is 2.32. The predicted molar refractivity (Wildman–Crippen MR) is 88.3 cm³/mol. The van der Waals surface area contributed by atoms with Gasteiger partial charge in [-0.05, 0) is 60.1 Å². The maximum absolute atomic E-state index is 12.3. The minimum Gasteiger partial charge on any atom is -0.490 e. The van der Waals surface area contributed by atoms with Gasteiger partial charge in [-0.3, -0.25) is 0 Å². The van der Waals surface area contributed by atoms with Crippen LogP contribution in [0.15, 0.2) is 46.9 Å². The first-order valence-electron chi connectivity index (χ1n) is 6.89. The maximum Gasteiger partial charge on any atom is 0.347 e. The molecule has 23 heavy (non-hydrogen) atoms. The number of halogens is 1. The number of hydrogen-bond donors (Lipinski definition) is 1. The number of carbonyl (C=O) groups is 2. The van der Waals surface area contributed by atoms with Gasteiger partial charge in [0.2, 0.25) is 0 Å². The van der Waals surface area contributed by atoms with Crippen LogP contribution in [0.1, 0.15) is 34.6 Å². The summed E-state index contributed by atoms with van der Waals surface area (Å²) in [6.07, 6.45) is -0.0782. The quantitative estimate of drug-likeness (QED) is 0.624. The van der Waals surface area contributed by atoms with Crippen molar-refractivity contribution in [3.05, 3.63) is 58.1 Å². The van der Waals surface area contributed by atoms with E-state index in [1.807, 2.05) is 13.8 Å². The largest absolute Gasteiger partial charge is 0.490 e. The van der Waals surface area contributed by atoms with E-state index in [0.717, 1.165) is 0 Å². The summed E-state index contributed by atoms with van der Waals surface area (Å²) in [4.78, 5) is 23.3. The van der Waals surface area contributed by atoms with E-state index in [0.29, 0.717) is 15.8 Å². The summed E-state index contributed by atoms with van der Waals surface area (Å²) < 4.78 is 11.3. The van der Waals surface area contributed by atoms with Crippen molar-refractivity contribution in [3.63, 3.8) is 0 Å². The standard InChI is InChI=1S/C17H15BrO5/c1-10(2)22-14-6-4-3-5-12(14)17(21)23-15-8-7-11(16(19)20)9-13(15)18/h3-10H,1-2H3,(H,19,20). The van der Waals surface area contributed by atoms with Gasteiger partial charge >= 0.3 is 11.9 Å². The molecule has 0 amide bonds. The smallest absolute Gasteiger partial charge is 0.347 e. The lowest BCUT2D eigenvalue weighted by Gasteiger charge is -2.14. The molecule has 0 bridgehead atoms. The summed E-state index contributed by atoms with van der Waals surface area (Å²) in [5.41, 5.74) is 0.399. The first-order valence-corrected chi connectivity index (χ1v) is 7.68. The summed E-state index contributed by atoms with van der Waals surface area (Å²) >= 11 is 3.20. The molecule has 1 N–H and O–H groups in total. The molecule has 5 nitrogen and oxygen atoms in total. The molecule has 0 aliphatic heterocycles. The molecule has 2 aromatic carbocycles. The van der Waals surface area contributed by atoms with Crippen LogP contribution < -0.4 is 9.47 Å². The van der Waals surface area contributed by atoms with Crippen molar-refractivity contribution in [1.29, 1.82) is 0 Å². The number of benzene rings is 2. The summed E-state index contributed by atoms with van der Waals surface area (Å²) in [7, 11) is 0. The van der Waals surface area contributed by atoms with E-state index in [9.17, 15) is 9.59 Å². The van der Waals surface area contributed by atoms with Gasteiger partial charge < -0.3 is 14.6 Å². The van der Waals surface area contributed by atoms with Gasteiger partial charge in [-0.25, -0.2) is 9.59 Å². The van der Waals surface area contributed by atoms with E-state index in [2.05, 4.69) is 15.9 Å². The molecule has 2 aromatic rings. The highest BCUT2D eigenvalue weighted by atomic mass is 79.9. The van der Waals surface area contributed by atoms with Crippen LogP contribution in [0, 0.1) is 0 Å². The zero-order chi connectivity index (χ0) is 17.0. The van der Waals surface area contributed by atoms with Gasteiger partial charge in [-0.2, -0.15) is 0 Å². The molecular weight excluding hydrogens is 364 g/mol. The molecule has 0 aliphatic carbocycles. The molecule has 0 saturated heterocycles. The molecule has 0 heterocycles. The summed E-state index contributed by atoms with van der Waals surface area (Å²) in [6.45, 7) is 3.73. The highest BCUT2D eigenvalue weighted by molar-refractivity contribution is 9.10. The van der Waals surface area contributed by atoms with E-state index >= 15 is 0 Å². The molecule has 0 saturated carbocycles. The van der Waals surface area contributed by atoms with E-state index in [-0.39, 0.29) is 17.4 Å². The molecule has 0 aliphatic rings. The molecule has 0 unspecified atom stereocenters. The molecule has 0 fully saturated rings. The Labute approximate surface area is 142 Å². The van der Waals surface area contributed by atoms with Gasteiger partial charge in [0.05, 0.1) is 16.1 Å². The van der Waals surface area contributed by atoms with Crippen LogP contribution >= 0.6 is 15.9 Å². The number of ether oxygens (including phenoxy) is 2. The zero-order valence-corrected chi connectivity index (χ0v) is 14.2. The zero-order valence-electron chi connectivity index (χ0n) is 12.6. The van der Waals surface area contributed by atoms with Crippen molar-refractivity contribution in [1.82, 2.24) is 0 Å². The first-order chi connectivity index (χ1) is 10.9. The van der Waals surface area contributed by atoms with Crippen molar-refractivity contribution in [2.24, 2.45) is 0 Å². The number of aromatic carboxylic acids is 1. The Hall–Kier alpha value is -2.34. The third-order valence-corrected chi connectivity index (χ3v) is 3.47. The summed E-state index contributed by atoms with van der Waals surface area (Å²) in [5.74, 6) is -0.964. The van der Waals surface area contributed by atoms with Crippen LogP contribution in [0.5, 0.6) is 11.5 Å². The lowest BCUT2D eigenvalue weighted by molar-refractivity contribution is 0.0696. The van der Waals surface area contributed by atoms with Crippen molar-refractivity contribution in [3.8, 4) is 11.5 Å². The topological polar surface area (TPSA) is 72.8 Å². The van der Waals surface area contributed by atoms with E-state index in [4.69, 9.17) is 14.6 Å². The molecule has 6 heteroatoms. The van der Waals surface area contributed by atoms with Crippen LogP contribution in [0.25, 0.3) is 0 Å². The SMILES string of the molecule is CC(C)Oc1ccccc1C(=O)Oc1ccc(C(=O)O)cc1Br. The average molecular weight is 379 g/mol. The Morgan fingerprint density at radius 2 is 1.78 bits per heavy atom. The number of rotatable bonds is 5. The highest BCUT2D eigenvalue weighted by Crippen LogP contribution is 2.28. The second-order valence-electron chi connectivity index (χ2n) is 5.00. The molecule has 0 spiro atoms. The third kappa shape index (κ3) is 4.32. The minimum absolute atomic E-state index is 0.0782. The lowest BCUT2D eigenvalue weighted by atomic mass is 10.2. The number of para-hydroxylation sites is 1. The molecule has 0 aromatic heterocycles. The van der Waals surface area contributed by atoms with Crippen molar-refractivity contribution in [2.75, 3.05) is 0 Å². The Kier molecular flexibility index (Phi) is 5.39. The summed E-state index contributed by atoms with van der Waals surface area (Å²) in [6, 6.07) is 11.0. The maximum atomic E-state index is 12.3. The average Bonchev–Trinajstić information content (AvgIpc) is 2.49. The Morgan fingerprint density at radius 3 is 2.39 bits per heavy atom. The van der Waals surface area contributed by atoms with Gasteiger partial charge in [-0.15, -0.1) is 0 Å². The Bertz CT molecular complexity index is 740. The fraction of sp³-hybridized carbons (Fsp3) is 0.176. The monoisotopic (exact) mass is 378 g/mol. The van der Waals surface area contributed by atoms with Gasteiger partial charge in [0.25, 0.3) is 0 Å². The normalized spacial score (nSPS) is 10.4. The molecule has 120 valence electrons. The number of carbonyl (C=O) groups excluding carboxylic acids is 1. The van der Waals surface area contributed by atoms with Crippen LogP contribution in [0.3, 0.4) is 0 Å². The number of hydrogen-bond acceptors (Lipinski definition) is 4. The van der Waals surface area contributed by atoms with Gasteiger partial charge in [-0.1, -0.05) is 12.1 Å². The summed E-state index contributed by atoms with van der Waals surface area (Å²) in [5, 5.41) is 8.94. The van der Waals surface area contributed by atoms with Crippen molar-refractivity contribution in [2.45, 2.75) is 20.0 Å². The third-order valence-electron chi connectivity index (χ3n) is 2.85. The number of carboxylic acids is 1. The number of esters is 1. The van der Waals surface area contributed by atoms with Crippen LogP contribution in [-0.4, -0.2) is 23.1 Å². The predicted octanol–water partition coefficient (Wildman–Crippen LogP) is 4.15. The molecular formula is C17H15BrO5. The van der Waals surface area contributed by atoms with Gasteiger partial charge in [0.15, 0.2) is 0 Å². The molecule has 0 atom stereocenters. The highest BCUT2D eigenvalue weighted by Gasteiger charge is 2.17. The molecule has 0 radical (unpaired) electrons. The minimum atomic E-state index is -1.06. The van der Waals surface area contributed by atoms with Crippen molar-refractivity contribution >= 4 is 27.9 Å². The molecule has 2 rings (SSSR count). The van der Waals surface area contributed by atoms with Gasteiger partial charge in [0.1, 0.15) is 17.1 Å². The first kappa shape index (κ1) is 17.0. The van der Waals surface area contributed by atoms with Crippen LogP contribution in [0.2, 0.25) is 0 Å². The van der Waals surface area contributed by atoms with Crippen LogP contribution in [-0.2, 0) is 0 Å².